The maximum Gasteiger partial charge on any atom is 0.276 e. The molecule has 1 unspecified atom stereocenters. The molecule has 0 saturated heterocycles. The van der Waals surface area contributed by atoms with Gasteiger partial charge in [0.25, 0.3) is 5.91 Å². The van der Waals surface area contributed by atoms with Gasteiger partial charge in [0.15, 0.2) is 11.3 Å². The van der Waals surface area contributed by atoms with E-state index in [1.54, 1.807) is 17.1 Å². The summed E-state index contributed by atoms with van der Waals surface area (Å²) in [7, 11) is 0. The summed E-state index contributed by atoms with van der Waals surface area (Å²) >= 11 is 4.96. The summed E-state index contributed by atoms with van der Waals surface area (Å²) in [4.78, 5) is 17.7. The minimum Gasteiger partial charge on any atom is -0.298 e. The molecular weight excluding hydrogens is 443 g/mol. The van der Waals surface area contributed by atoms with E-state index in [9.17, 15) is 9.18 Å². The number of hydrogen-bond donors (Lipinski definition) is 1. The van der Waals surface area contributed by atoms with Crippen LogP contribution >= 0.6 is 27.7 Å². The predicted octanol–water partition coefficient (Wildman–Crippen LogP) is 3.26. The smallest absolute Gasteiger partial charge is 0.276 e. The van der Waals surface area contributed by atoms with Gasteiger partial charge in [-0.25, -0.2) is 9.40 Å². The van der Waals surface area contributed by atoms with Gasteiger partial charge < -0.3 is 0 Å². The minimum atomic E-state index is -0.604. The van der Waals surface area contributed by atoms with Crippen molar-refractivity contribution in [3.63, 3.8) is 0 Å². The van der Waals surface area contributed by atoms with Crippen LogP contribution in [0, 0.1) is 5.82 Å². The van der Waals surface area contributed by atoms with E-state index in [2.05, 4.69) is 33.3 Å². The van der Waals surface area contributed by atoms with Crippen molar-refractivity contribution in [1.82, 2.24) is 10.3 Å². The second kappa shape index (κ2) is 8.05. The van der Waals surface area contributed by atoms with E-state index >= 15 is 0 Å². The van der Waals surface area contributed by atoms with Gasteiger partial charge in [-0.1, -0.05) is 53.2 Å². The first-order valence-electron chi connectivity index (χ1n) is 9.02. The first-order chi connectivity index (χ1) is 13.6. The Morgan fingerprint density at radius 1 is 1.29 bits per heavy atom. The lowest BCUT2D eigenvalue weighted by Crippen LogP contribution is -2.50. The van der Waals surface area contributed by atoms with E-state index in [1.165, 1.54) is 23.9 Å². The van der Waals surface area contributed by atoms with E-state index in [0.717, 1.165) is 23.1 Å². The third-order valence-corrected chi connectivity index (χ3v) is 5.90. The van der Waals surface area contributed by atoms with Crippen LogP contribution in [0.25, 0.3) is 5.70 Å². The van der Waals surface area contributed by atoms with Gasteiger partial charge in [0.1, 0.15) is 11.5 Å². The fourth-order valence-corrected chi connectivity index (χ4v) is 4.41. The molecule has 0 aliphatic carbocycles. The average molecular weight is 461 g/mol. The summed E-state index contributed by atoms with van der Waals surface area (Å²) in [6.45, 7) is 2.12. The number of carbonyl (C=O) groups is 1. The molecule has 2 aromatic carbocycles. The lowest BCUT2D eigenvalue weighted by molar-refractivity contribution is -0.116. The third-order valence-electron chi connectivity index (χ3n) is 4.45. The molecular formula is C20H18BrFN4OS. The molecule has 0 bridgehead atoms. The molecule has 2 aliphatic rings. The topological polar surface area (TPSA) is 57.1 Å². The number of unbranched alkanes of at least 4 members (excludes halogenated alkanes) is 1. The summed E-state index contributed by atoms with van der Waals surface area (Å²) in [5.41, 5.74) is 1.06. The molecule has 4 rings (SSSR count). The Bertz CT molecular complexity index is 1090. The maximum atomic E-state index is 13.9. The van der Waals surface area contributed by atoms with Gasteiger partial charge in [-0.3, -0.25) is 15.1 Å². The second-order valence-electron chi connectivity index (χ2n) is 6.47. The first-order valence-corrected chi connectivity index (χ1v) is 10.8. The number of fused-ring (bicyclic) bond motifs is 2. The van der Waals surface area contributed by atoms with E-state index in [4.69, 9.17) is 4.99 Å². The SMILES string of the molecule is CCCCSC1=NN2C(=c3cc(Br)ccc3=NC2c2cccc(F)c2)C(=O)N1. The van der Waals surface area contributed by atoms with Crippen LogP contribution in [-0.2, 0) is 4.79 Å². The number of hydrazone groups is 1. The summed E-state index contributed by atoms with van der Waals surface area (Å²) < 4.78 is 14.7. The summed E-state index contributed by atoms with van der Waals surface area (Å²) in [6.07, 6.45) is 1.49. The molecule has 144 valence electrons. The molecule has 5 nitrogen and oxygen atoms in total. The molecule has 1 N–H and O–H groups in total. The van der Waals surface area contributed by atoms with Gasteiger partial charge in [-0.2, -0.15) is 0 Å². The zero-order chi connectivity index (χ0) is 19.7. The molecule has 0 radical (unpaired) electrons. The number of benzene rings is 2. The van der Waals surface area contributed by atoms with Crippen molar-refractivity contribution in [3.8, 4) is 0 Å². The van der Waals surface area contributed by atoms with Crippen LogP contribution in [-0.4, -0.2) is 21.8 Å². The second-order valence-corrected chi connectivity index (χ2v) is 8.47. The number of hydrogen-bond acceptors (Lipinski definition) is 5. The Morgan fingerprint density at radius 3 is 2.93 bits per heavy atom. The van der Waals surface area contributed by atoms with Crippen LogP contribution in [0.1, 0.15) is 31.5 Å². The van der Waals surface area contributed by atoms with Crippen molar-refractivity contribution in [1.29, 1.82) is 0 Å². The van der Waals surface area contributed by atoms with Crippen LogP contribution < -0.4 is 15.9 Å². The zero-order valence-corrected chi connectivity index (χ0v) is 17.6. The van der Waals surface area contributed by atoms with Crippen molar-refractivity contribution >= 4 is 44.5 Å². The van der Waals surface area contributed by atoms with Crippen molar-refractivity contribution in [2.45, 2.75) is 25.9 Å². The Hall–Kier alpha value is -2.19. The molecule has 8 heteroatoms. The predicted molar refractivity (Wildman–Crippen MR) is 112 cm³/mol. The molecule has 0 aromatic heterocycles. The molecule has 0 saturated carbocycles. The van der Waals surface area contributed by atoms with Gasteiger partial charge in [0.05, 0.1) is 5.36 Å². The number of carbonyl (C=O) groups excluding carboxylic acids is 1. The minimum absolute atomic E-state index is 0.232. The van der Waals surface area contributed by atoms with Gasteiger partial charge >= 0.3 is 0 Å². The summed E-state index contributed by atoms with van der Waals surface area (Å²) in [5, 5.41) is 11.1. The molecule has 0 fully saturated rings. The highest BCUT2D eigenvalue weighted by atomic mass is 79.9. The molecule has 2 aliphatic heterocycles. The number of nitrogens with one attached hydrogen (secondary N) is 1. The zero-order valence-electron chi connectivity index (χ0n) is 15.2. The van der Waals surface area contributed by atoms with Gasteiger partial charge in [0.2, 0.25) is 0 Å². The molecule has 2 aromatic rings. The van der Waals surface area contributed by atoms with Gasteiger partial charge in [-0.15, -0.1) is 5.10 Å². The number of rotatable bonds is 4. The third kappa shape index (κ3) is 3.71. The lowest BCUT2D eigenvalue weighted by Gasteiger charge is -2.34. The molecule has 2 heterocycles. The Kier molecular flexibility index (Phi) is 5.50. The van der Waals surface area contributed by atoms with E-state index in [1.807, 2.05) is 18.2 Å². The number of nitrogens with zero attached hydrogens (tertiary/aromatic N) is 3. The van der Waals surface area contributed by atoms with E-state index in [0.29, 0.717) is 27.0 Å². The Balaban J connectivity index is 1.87. The first kappa shape index (κ1) is 19.1. The van der Waals surface area contributed by atoms with Crippen LogP contribution in [0.3, 0.4) is 0 Å². The standard InChI is InChI=1S/C20H18BrFN4OS/c1-2-3-9-28-20-24-19(27)17-15-11-13(21)7-8-16(15)23-18(26(17)25-20)12-5-4-6-14(22)10-12/h4-8,10-11,18H,2-3,9H2,1H3,(H,24,25,27). The van der Waals surface area contributed by atoms with Gasteiger partial charge in [0, 0.05) is 21.0 Å². The Morgan fingerprint density at radius 2 is 2.14 bits per heavy atom. The summed E-state index contributed by atoms with van der Waals surface area (Å²) in [5.74, 6) is 0.284. The highest BCUT2D eigenvalue weighted by Crippen LogP contribution is 2.31. The fourth-order valence-electron chi connectivity index (χ4n) is 3.11. The van der Waals surface area contributed by atoms with Gasteiger partial charge in [-0.05, 0) is 36.8 Å². The van der Waals surface area contributed by atoms with Crippen molar-refractivity contribution in [2.75, 3.05) is 5.75 Å². The van der Waals surface area contributed by atoms with E-state index < -0.39 is 6.17 Å². The van der Waals surface area contributed by atoms with Crippen LogP contribution in [0.5, 0.6) is 0 Å². The number of halogens is 2. The fraction of sp³-hybridized carbons (Fsp3) is 0.250. The average Bonchev–Trinajstić information content (AvgIpc) is 2.67. The monoisotopic (exact) mass is 460 g/mol. The quantitative estimate of drug-likeness (QED) is 0.712. The van der Waals surface area contributed by atoms with Crippen molar-refractivity contribution < 1.29 is 9.18 Å². The maximum absolute atomic E-state index is 13.9. The number of thioether (sulfide) groups is 1. The van der Waals surface area contributed by atoms with Crippen LogP contribution in [0.15, 0.2) is 57.0 Å². The molecule has 1 amide bonds. The van der Waals surface area contributed by atoms with Crippen LogP contribution in [0.4, 0.5) is 4.39 Å². The number of amides is 1. The summed E-state index contributed by atoms with van der Waals surface area (Å²) in [6, 6.07) is 11.8. The lowest BCUT2D eigenvalue weighted by atomic mass is 10.1. The molecule has 28 heavy (non-hydrogen) atoms. The number of amidine groups is 1. The Labute approximate surface area is 174 Å². The normalized spacial score (nSPS) is 18.0. The van der Waals surface area contributed by atoms with Crippen molar-refractivity contribution in [3.05, 3.63) is 68.9 Å². The van der Waals surface area contributed by atoms with Crippen molar-refractivity contribution in [2.24, 2.45) is 10.1 Å². The largest absolute Gasteiger partial charge is 0.298 e. The van der Waals surface area contributed by atoms with Crippen LogP contribution in [0.2, 0.25) is 0 Å². The molecule has 1 atom stereocenters. The highest BCUT2D eigenvalue weighted by molar-refractivity contribution is 9.10. The highest BCUT2D eigenvalue weighted by Gasteiger charge is 2.34. The molecule has 0 spiro atoms. The van der Waals surface area contributed by atoms with E-state index in [-0.39, 0.29) is 11.7 Å².